The molecule has 11 heteroatoms. The minimum absolute atomic E-state index is 0.102. The Bertz CT molecular complexity index is 1070. The molecule has 1 aliphatic rings. The van der Waals surface area contributed by atoms with Crippen LogP contribution in [-0.4, -0.2) is 33.6 Å². The standard InChI is InChI=1S/C17H14F4N6O/c1-22-12-5-11(25-15-13(20)9(18)4-10(19)14(15)21)26-16-8(6-23-27(12)16)17(28)24-7-2-3-7/h4-7,22H,2-3H2,1H3,(H,24,28)(H,25,26). The summed E-state index contributed by atoms with van der Waals surface area (Å²) in [7, 11) is 1.56. The first kappa shape index (κ1) is 18.0. The lowest BCUT2D eigenvalue weighted by Crippen LogP contribution is -2.25. The minimum Gasteiger partial charge on any atom is -0.373 e. The van der Waals surface area contributed by atoms with Gasteiger partial charge in [-0.2, -0.15) is 9.61 Å². The normalized spacial score (nSPS) is 13.6. The van der Waals surface area contributed by atoms with Crippen LogP contribution in [0.4, 0.5) is 34.9 Å². The van der Waals surface area contributed by atoms with Crippen molar-refractivity contribution < 1.29 is 22.4 Å². The third-order valence-corrected chi connectivity index (χ3v) is 4.25. The molecule has 2 heterocycles. The van der Waals surface area contributed by atoms with Crippen LogP contribution < -0.4 is 16.0 Å². The highest BCUT2D eigenvalue weighted by Gasteiger charge is 2.26. The van der Waals surface area contributed by atoms with Crippen molar-refractivity contribution in [3.63, 3.8) is 0 Å². The van der Waals surface area contributed by atoms with Crippen LogP contribution in [0.1, 0.15) is 23.2 Å². The molecule has 1 amide bonds. The smallest absolute Gasteiger partial charge is 0.256 e. The molecule has 146 valence electrons. The van der Waals surface area contributed by atoms with Crippen LogP contribution in [0.25, 0.3) is 5.65 Å². The molecule has 1 aromatic carbocycles. The molecule has 4 rings (SSSR count). The Labute approximate surface area is 155 Å². The summed E-state index contributed by atoms with van der Waals surface area (Å²) >= 11 is 0. The van der Waals surface area contributed by atoms with Crippen LogP contribution in [0.15, 0.2) is 18.3 Å². The number of carbonyl (C=O) groups excluding carboxylic acids is 1. The van der Waals surface area contributed by atoms with Gasteiger partial charge in [0.05, 0.1) is 6.20 Å². The van der Waals surface area contributed by atoms with Crippen LogP contribution in [0.3, 0.4) is 0 Å². The maximum absolute atomic E-state index is 14.0. The first-order valence-corrected chi connectivity index (χ1v) is 8.36. The van der Waals surface area contributed by atoms with Gasteiger partial charge in [0.25, 0.3) is 5.91 Å². The number of amides is 1. The quantitative estimate of drug-likeness (QED) is 0.458. The summed E-state index contributed by atoms with van der Waals surface area (Å²) in [6.07, 6.45) is 3.08. The highest BCUT2D eigenvalue weighted by atomic mass is 19.2. The van der Waals surface area contributed by atoms with Gasteiger partial charge in [0.15, 0.2) is 28.9 Å². The molecule has 0 saturated heterocycles. The van der Waals surface area contributed by atoms with E-state index in [1.165, 1.54) is 16.8 Å². The van der Waals surface area contributed by atoms with Crippen LogP contribution >= 0.6 is 0 Å². The highest BCUT2D eigenvalue weighted by Crippen LogP contribution is 2.28. The van der Waals surface area contributed by atoms with Gasteiger partial charge in [0.1, 0.15) is 22.9 Å². The Kier molecular flexibility index (Phi) is 4.28. The average molecular weight is 394 g/mol. The number of hydrogen-bond acceptors (Lipinski definition) is 5. The van der Waals surface area contributed by atoms with Crippen LogP contribution in [-0.2, 0) is 0 Å². The molecule has 1 aliphatic carbocycles. The zero-order valence-corrected chi connectivity index (χ0v) is 14.5. The van der Waals surface area contributed by atoms with Crippen molar-refractivity contribution >= 4 is 28.9 Å². The van der Waals surface area contributed by atoms with E-state index in [0.717, 1.165) is 12.8 Å². The Morgan fingerprint density at radius 2 is 1.82 bits per heavy atom. The zero-order valence-electron chi connectivity index (χ0n) is 14.5. The zero-order chi connectivity index (χ0) is 20.0. The monoisotopic (exact) mass is 394 g/mol. The lowest BCUT2D eigenvalue weighted by molar-refractivity contribution is 0.0952. The largest absolute Gasteiger partial charge is 0.373 e. The molecule has 0 aliphatic heterocycles. The van der Waals surface area contributed by atoms with Crippen molar-refractivity contribution in [3.05, 3.63) is 47.2 Å². The number of hydrogen-bond donors (Lipinski definition) is 3. The summed E-state index contributed by atoms with van der Waals surface area (Å²) in [6.45, 7) is 0. The third-order valence-electron chi connectivity index (χ3n) is 4.25. The third kappa shape index (κ3) is 3.08. The second-order valence-electron chi connectivity index (χ2n) is 6.29. The molecule has 2 aromatic heterocycles. The Balaban J connectivity index is 1.79. The first-order valence-electron chi connectivity index (χ1n) is 8.36. The lowest BCUT2D eigenvalue weighted by Gasteiger charge is -2.12. The summed E-state index contributed by atoms with van der Waals surface area (Å²) in [5, 5.41) is 11.9. The molecular weight excluding hydrogens is 380 g/mol. The fourth-order valence-corrected chi connectivity index (χ4v) is 2.67. The molecule has 0 radical (unpaired) electrons. The number of halogens is 4. The number of benzene rings is 1. The second-order valence-corrected chi connectivity index (χ2v) is 6.29. The van der Waals surface area contributed by atoms with Gasteiger partial charge in [-0.05, 0) is 12.8 Å². The molecular formula is C17H14F4N6O. The van der Waals surface area contributed by atoms with E-state index in [4.69, 9.17) is 0 Å². The van der Waals surface area contributed by atoms with E-state index in [9.17, 15) is 22.4 Å². The second kappa shape index (κ2) is 6.66. The number of nitrogens with one attached hydrogen (secondary N) is 3. The van der Waals surface area contributed by atoms with Crippen molar-refractivity contribution in [1.29, 1.82) is 0 Å². The minimum atomic E-state index is -1.59. The summed E-state index contributed by atoms with van der Waals surface area (Å²) < 4.78 is 56.1. The lowest BCUT2D eigenvalue weighted by atomic mass is 10.2. The van der Waals surface area contributed by atoms with Gasteiger partial charge >= 0.3 is 0 Å². The predicted molar refractivity (Wildman–Crippen MR) is 92.6 cm³/mol. The molecule has 0 spiro atoms. The Morgan fingerprint density at radius 3 is 2.43 bits per heavy atom. The SMILES string of the molecule is CNc1cc(Nc2c(F)c(F)cc(F)c2F)nc2c(C(=O)NC3CC3)cnn12. The van der Waals surface area contributed by atoms with E-state index in [-0.39, 0.29) is 29.1 Å². The summed E-state index contributed by atoms with van der Waals surface area (Å²) in [4.78, 5) is 16.5. The fourth-order valence-electron chi connectivity index (χ4n) is 2.67. The average Bonchev–Trinajstić information content (AvgIpc) is 3.38. The Hall–Kier alpha value is -3.37. The van der Waals surface area contributed by atoms with E-state index in [0.29, 0.717) is 5.82 Å². The Morgan fingerprint density at radius 1 is 1.14 bits per heavy atom. The van der Waals surface area contributed by atoms with Crippen molar-refractivity contribution in [2.45, 2.75) is 18.9 Å². The maximum atomic E-state index is 14.0. The van der Waals surface area contributed by atoms with Gasteiger partial charge < -0.3 is 16.0 Å². The van der Waals surface area contributed by atoms with Gasteiger partial charge in [0.2, 0.25) is 0 Å². The van der Waals surface area contributed by atoms with Crippen molar-refractivity contribution in [1.82, 2.24) is 19.9 Å². The van der Waals surface area contributed by atoms with Crippen LogP contribution in [0.5, 0.6) is 0 Å². The van der Waals surface area contributed by atoms with E-state index in [1.54, 1.807) is 7.05 Å². The number of anilines is 3. The van der Waals surface area contributed by atoms with E-state index < -0.39 is 34.9 Å². The molecule has 3 aromatic rings. The topological polar surface area (TPSA) is 83.3 Å². The maximum Gasteiger partial charge on any atom is 0.256 e. The first-order chi connectivity index (χ1) is 13.4. The van der Waals surface area contributed by atoms with Crippen molar-refractivity contribution in [3.8, 4) is 0 Å². The number of rotatable bonds is 5. The van der Waals surface area contributed by atoms with E-state index >= 15 is 0 Å². The van der Waals surface area contributed by atoms with E-state index in [2.05, 4.69) is 26.0 Å². The summed E-state index contributed by atoms with van der Waals surface area (Å²) in [5.74, 6) is -6.48. The number of carbonyl (C=O) groups is 1. The summed E-state index contributed by atoms with van der Waals surface area (Å²) in [5.41, 5.74) is -0.775. The fraction of sp³-hybridized carbons (Fsp3) is 0.235. The molecule has 0 atom stereocenters. The molecule has 1 fully saturated rings. The molecule has 0 bridgehead atoms. The van der Waals surface area contributed by atoms with E-state index in [1.807, 2.05) is 0 Å². The molecule has 1 saturated carbocycles. The predicted octanol–water partition coefficient (Wildman–Crippen LogP) is 2.96. The number of fused-ring (bicyclic) bond motifs is 1. The highest BCUT2D eigenvalue weighted by molar-refractivity contribution is 6.00. The van der Waals surface area contributed by atoms with Crippen molar-refractivity contribution in [2.75, 3.05) is 17.7 Å². The van der Waals surface area contributed by atoms with Crippen LogP contribution in [0.2, 0.25) is 0 Å². The molecule has 7 nitrogen and oxygen atoms in total. The van der Waals surface area contributed by atoms with Gasteiger partial charge in [-0.3, -0.25) is 4.79 Å². The van der Waals surface area contributed by atoms with Crippen LogP contribution in [0, 0.1) is 23.3 Å². The van der Waals surface area contributed by atoms with Gasteiger partial charge in [0, 0.05) is 25.2 Å². The number of nitrogens with zero attached hydrogens (tertiary/aromatic N) is 3. The van der Waals surface area contributed by atoms with Gasteiger partial charge in [-0.25, -0.2) is 22.5 Å². The molecule has 3 N–H and O–H groups in total. The van der Waals surface area contributed by atoms with Crippen molar-refractivity contribution in [2.24, 2.45) is 0 Å². The van der Waals surface area contributed by atoms with Gasteiger partial charge in [-0.1, -0.05) is 0 Å². The number of aromatic nitrogens is 3. The van der Waals surface area contributed by atoms with Gasteiger partial charge in [-0.15, -0.1) is 0 Å². The molecule has 0 unspecified atom stereocenters. The summed E-state index contributed by atoms with van der Waals surface area (Å²) in [6, 6.07) is 1.54. The molecule has 28 heavy (non-hydrogen) atoms.